The first kappa shape index (κ1) is 21.4. The summed E-state index contributed by atoms with van der Waals surface area (Å²) in [6.07, 6.45) is -0.717. The van der Waals surface area contributed by atoms with Gasteiger partial charge in [-0.1, -0.05) is 12.1 Å². The molecule has 1 atom stereocenters. The molecule has 6 heteroatoms. The molecule has 0 saturated heterocycles. The Morgan fingerprint density at radius 2 is 1.92 bits per heavy atom. The second-order valence-electron chi connectivity index (χ2n) is 6.15. The highest BCUT2D eigenvalue weighted by molar-refractivity contribution is 5.71. The van der Waals surface area contributed by atoms with E-state index >= 15 is 0 Å². The molecule has 1 unspecified atom stereocenters. The van der Waals surface area contributed by atoms with E-state index in [1.165, 1.54) is 0 Å². The monoisotopic (exact) mass is 353 g/mol. The van der Waals surface area contributed by atoms with Gasteiger partial charge in [-0.3, -0.25) is 9.69 Å². The smallest absolute Gasteiger partial charge is 0.320 e. The summed E-state index contributed by atoms with van der Waals surface area (Å²) in [5, 5.41) is 10.3. The van der Waals surface area contributed by atoms with E-state index < -0.39 is 6.10 Å². The molecule has 1 aromatic carbocycles. The number of rotatable bonds is 11. The predicted octanol–water partition coefficient (Wildman–Crippen LogP) is 1.86. The van der Waals surface area contributed by atoms with Crippen molar-refractivity contribution in [2.45, 2.75) is 33.8 Å². The van der Waals surface area contributed by atoms with Crippen LogP contribution in [0.25, 0.3) is 0 Å². The lowest BCUT2D eigenvalue weighted by atomic mass is 10.1. The van der Waals surface area contributed by atoms with Crippen LogP contribution in [0, 0.1) is 20.8 Å². The number of carbonyl (C=O) groups excluding carboxylic acids is 1. The molecule has 1 aromatic rings. The van der Waals surface area contributed by atoms with Crippen LogP contribution in [0.5, 0.6) is 5.75 Å². The van der Waals surface area contributed by atoms with Gasteiger partial charge in [0.15, 0.2) is 0 Å². The number of nitrogens with zero attached hydrogens (tertiary/aromatic N) is 1. The number of carbonyl (C=O) groups is 1. The van der Waals surface area contributed by atoms with Gasteiger partial charge in [-0.2, -0.15) is 0 Å². The van der Waals surface area contributed by atoms with Crippen molar-refractivity contribution in [1.29, 1.82) is 0 Å². The Morgan fingerprint density at radius 1 is 1.24 bits per heavy atom. The van der Waals surface area contributed by atoms with E-state index in [9.17, 15) is 9.90 Å². The molecule has 25 heavy (non-hydrogen) atoms. The summed E-state index contributed by atoms with van der Waals surface area (Å²) in [5.74, 6) is 0.505. The molecular weight excluding hydrogens is 322 g/mol. The maximum Gasteiger partial charge on any atom is 0.320 e. The number of hydrogen-bond donors (Lipinski definition) is 1. The van der Waals surface area contributed by atoms with Gasteiger partial charge in [0.05, 0.1) is 19.8 Å². The molecule has 1 rings (SSSR count). The summed E-state index contributed by atoms with van der Waals surface area (Å²) in [6.45, 7) is 9.75. The Balaban J connectivity index is 2.60. The number of aryl methyl sites for hydroxylation is 2. The minimum Gasteiger partial charge on any atom is -0.490 e. The van der Waals surface area contributed by atoms with Crippen molar-refractivity contribution >= 4 is 5.97 Å². The molecule has 0 amide bonds. The van der Waals surface area contributed by atoms with Crippen LogP contribution in [-0.4, -0.2) is 68.6 Å². The quantitative estimate of drug-likeness (QED) is 0.613. The summed E-state index contributed by atoms with van der Waals surface area (Å²) in [6, 6.07) is 4.06. The summed E-state index contributed by atoms with van der Waals surface area (Å²) in [7, 11) is 1.60. The molecular formula is C19H31NO5. The standard InChI is InChI=1S/C19H31NO5/c1-6-24-18(22)12-20(9-10-23-5)11-17(21)13-25-19-15(3)8-7-14(2)16(19)4/h7-8,17,21H,6,9-13H2,1-5H3. The number of esters is 1. The Bertz CT molecular complexity index is 547. The van der Waals surface area contributed by atoms with Crippen molar-refractivity contribution < 1.29 is 24.1 Å². The van der Waals surface area contributed by atoms with Gasteiger partial charge in [-0.05, 0) is 44.4 Å². The maximum atomic E-state index is 11.7. The van der Waals surface area contributed by atoms with Crippen LogP contribution in [0.3, 0.4) is 0 Å². The highest BCUT2D eigenvalue weighted by Crippen LogP contribution is 2.25. The molecule has 0 aromatic heterocycles. The number of hydrogen-bond acceptors (Lipinski definition) is 6. The fraction of sp³-hybridized carbons (Fsp3) is 0.632. The van der Waals surface area contributed by atoms with Crippen LogP contribution in [0.15, 0.2) is 12.1 Å². The van der Waals surface area contributed by atoms with Crippen molar-refractivity contribution in [2.24, 2.45) is 0 Å². The summed E-state index contributed by atoms with van der Waals surface area (Å²) >= 11 is 0. The highest BCUT2D eigenvalue weighted by Gasteiger charge is 2.17. The number of aliphatic hydroxyl groups excluding tert-OH is 1. The lowest BCUT2D eigenvalue weighted by Gasteiger charge is -2.24. The van der Waals surface area contributed by atoms with Gasteiger partial charge in [0.25, 0.3) is 0 Å². The average Bonchev–Trinajstić information content (AvgIpc) is 2.56. The van der Waals surface area contributed by atoms with Crippen molar-refractivity contribution in [1.82, 2.24) is 4.90 Å². The van der Waals surface area contributed by atoms with Crippen LogP contribution in [-0.2, 0) is 14.3 Å². The van der Waals surface area contributed by atoms with Gasteiger partial charge in [0.1, 0.15) is 18.5 Å². The molecule has 0 radical (unpaired) electrons. The van der Waals surface area contributed by atoms with Gasteiger partial charge >= 0.3 is 5.97 Å². The molecule has 0 aliphatic rings. The van der Waals surface area contributed by atoms with Gasteiger partial charge in [-0.15, -0.1) is 0 Å². The van der Waals surface area contributed by atoms with Crippen LogP contribution in [0.4, 0.5) is 0 Å². The number of ether oxygens (including phenoxy) is 3. The van der Waals surface area contributed by atoms with E-state index in [4.69, 9.17) is 14.2 Å². The topological polar surface area (TPSA) is 68.2 Å². The SMILES string of the molecule is CCOC(=O)CN(CCOC)CC(O)COc1c(C)ccc(C)c1C. The summed E-state index contributed by atoms with van der Waals surface area (Å²) < 4.78 is 15.9. The molecule has 1 N–H and O–H groups in total. The Hall–Kier alpha value is -1.63. The highest BCUT2D eigenvalue weighted by atomic mass is 16.5. The number of benzene rings is 1. The summed E-state index contributed by atoms with van der Waals surface area (Å²) in [4.78, 5) is 13.5. The average molecular weight is 353 g/mol. The molecule has 142 valence electrons. The number of aliphatic hydroxyl groups is 1. The zero-order valence-electron chi connectivity index (χ0n) is 16.0. The zero-order chi connectivity index (χ0) is 18.8. The third-order valence-electron chi connectivity index (χ3n) is 4.03. The lowest BCUT2D eigenvalue weighted by Crippen LogP contribution is -2.41. The summed E-state index contributed by atoms with van der Waals surface area (Å²) in [5.41, 5.74) is 3.27. The maximum absolute atomic E-state index is 11.7. The molecule has 0 aliphatic carbocycles. The molecule has 0 bridgehead atoms. The van der Waals surface area contributed by atoms with Gasteiger partial charge < -0.3 is 19.3 Å². The van der Waals surface area contributed by atoms with Gasteiger partial charge in [0.2, 0.25) is 0 Å². The van der Waals surface area contributed by atoms with Crippen molar-refractivity contribution in [3.63, 3.8) is 0 Å². The second-order valence-corrected chi connectivity index (χ2v) is 6.15. The van der Waals surface area contributed by atoms with E-state index in [0.29, 0.717) is 26.3 Å². The van der Waals surface area contributed by atoms with E-state index in [0.717, 1.165) is 22.4 Å². The van der Waals surface area contributed by atoms with Crippen molar-refractivity contribution in [3.8, 4) is 5.75 Å². The zero-order valence-corrected chi connectivity index (χ0v) is 16.0. The van der Waals surface area contributed by atoms with E-state index in [-0.39, 0.29) is 19.1 Å². The second kappa shape index (κ2) is 11.1. The molecule has 0 fully saturated rings. The van der Waals surface area contributed by atoms with E-state index in [2.05, 4.69) is 6.07 Å². The fourth-order valence-corrected chi connectivity index (χ4v) is 2.52. The van der Waals surface area contributed by atoms with E-state index in [1.807, 2.05) is 31.7 Å². The number of methoxy groups -OCH3 is 1. The minimum atomic E-state index is -0.717. The molecule has 0 heterocycles. The van der Waals surface area contributed by atoms with Crippen LogP contribution >= 0.6 is 0 Å². The lowest BCUT2D eigenvalue weighted by molar-refractivity contribution is -0.144. The largest absolute Gasteiger partial charge is 0.490 e. The first-order valence-corrected chi connectivity index (χ1v) is 8.63. The first-order chi connectivity index (χ1) is 11.9. The van der Waals surface area contributed by atoms with Crippen LogP contribution < -0.4 is 4.74 Å². The minimum absolute atomic E-state index is 0.122. The third kappa shape index (κ3) is 7.42. The van der Waals surface area contributed by atoms with Crippen molar-refractivity contribution in [3.05, 3.63) is 28.8 Å². The Labute approximate surface area is 150 Å². The molecule has 0 saturated carbocycles. The molecule has 0 spiro atoms. The fourth-order valence-electron chi connectivity index (χ4n) is 2.52. The van der Waals surface area contributed by atoms with Gasteiger partial charge in [-0.25, -0.2) is 0 Å². The van der Waals surface area contributed by atoms with Crippen molar-refractivity contribution in [2.75, 3.05) is 46.6 Å². The predicted molar refractivity (Wildman–Crippen MR) is 97.1 cm³/mol. The first-order valence-electron chi connectivity index (χ1n) is 8.63. The molecule has 6 nitrogen and oxygen atoms in total. The van der Waals surface area contributed by atoms with E-state index in [1.54, 1.807) is 14.0 Å². The Kier molecular flexibility index (Phi) is 9.49. The Morgan fingerprint density at radius 3 is 2.56 bits per heavy atom. The molecule has 0 aliphatic heterocycles. The van der Waals surface area contributed by atoms with Crippen LogP contribution in [0.2, 0.25) is 0 Å². The third-order valence-corrected chi connectivity index (χ3v) is 4.03. The van der Waals surface area contributed by atoms with Gasteiger partial charge in [0, 0.05) is 20.2 Å². The van der Waals surface area contributed by atoms with Crippen LogP contribution in [0.1, 0.15) is 23.6 Å². The normalized spacial score (nSPS) is 12.3.